The molecule has 5 heteroatoms. The third kappa shape index (κ3) is 3.43. The number of rotatable bonds is 5. The van der Waals surface area contributed by atoms with E-state index in [2.05, 4.69) is 5.32 Å². The summed E-state index contributed by atoms with van der Waals surface area (Å²) in [5.74, 6) is -0.201. The predicted molar refractivity (Wildman–Crippen MR) is 66.3 cm³/mol. The molecule has 0 radical (unpaired) electrons. The minimum Gasteiger partial charge on any atom is -0.355 e. The highest BCUT2D eigenvalue weighted by Gasteiger charge is 2.39. The van der Waals surface area contributed by atoms with Crippen LogP contribution in [-0.4, -0.2) is 41.9 Å². The average Bonchev–Trinajstić information content (AvgIpc) is 2.74. The van der Waals surface area contributed by atoms with Crippen molar-refractivity contribution in [3.8, 4) is 0 Å². The van der Waals surface area contributed by atoms with Gasteiger partial charge in [-0.05, 0) is 26.7 Å². The van der Waals surface area contributed by atoms with Crippen molar-refractivity contribution in [1.82, 2.24) is 10.2 Å². The molecule has 98 valence electrons. The molecule has 5 nitrogen and oxygen atoms in total. The quantitative estimate of drug-likeness (QED) is 0.724. The first-order valence-corrected chi connectivity index (χ1v) is 6.38. The van der Waals surface area contributed by atoms with Crippen molar-refractivity contribution in [2.45, 2.75) is 45.1 Å². The number of carbonyl (C=O) groups is 2. The lowest BCUT2D eigenvalue weighted by Gasteiger charge is -2.30. The Kier molecular flexibility index (Phi) is 4.93. The summed E-state index contributed by atoms with van der Waals surface area (Å²) in [7, 11) is 0. The summed E-state index contributed by atoms with van der Waals surface area (Å²) >= 11 is 0. The number of carbonyl (C=O) groups excluding carboxylic acids is 2. The van der Waals surface area contributed by atoms with Crippen molar-refractivity contribution in [2.75, 3.05) is 19.6 Å². The largest absolute Gasteiger partial charge is 0.355 e. The Labute approximate surface area is 103 Å². The fourth-order valence-corrected chi connectivity index (χ4v) is 2.29. The first-order valence-electron chi connectivity index (χ1n) is 6.38. The maximum Gasteiger partial charge on any atom is 0.243 e. The fourth-order valence-electron chi connectivity index (χ4n) is 2.29. The zero-order valence-electron chi connectivity index (χ0n) is 10.8. The van der Waals surface area contributed by atoms with Crippen LogP contribution in [0.1, 0.15) is 39.5 Å². The summed E-state index contributed by atoms with van der Waals surface area (Å²) in [4.78, 5) is 25.3. The minimum atomic E-state index is -0.734. The van der Waals surface area contributed by atoms with Gasteiger partial charge in [0.15, 0.2) is 0 Å². The van der Waals surface area contributed by atoms with Crippen molar-refractivity contribution in [1.29, 1.82) is 0 Å². The highest BCUT2D eigenvalue weighted by molar-refractivity contribution is 5.90. The summed E-state index contributed by atoms with van der Waals surface area (Å²) in [6, 6.07) is 0. The van der Waals surface area contributed by atoms with Gasteiger partial charge in [-0.3, -0.25) is 9.59 Å². The molecule has 0 aromatic heterocycles. The first kappa shape index (κ1) is 14.0. The van der Waals surface area contributed by atoms with E-state index in [0.717, 1.165) is 25.7 Å². The molecule has 0 spiro atoms. The molecular weight excluding hydrogens is 218 g/mol. The van der Waals surface area contributed by atoms with Gasteiger partial charge in [-0.1, -0.05) is 12.8 Å². The maximum atomic E-state index is 12.3. The molecule has 0 aromatic rings. The zero-order valence-corrected chi connectivity index (χ0v) is 10.8. The van der Waals surface area contributed by atoms with E-state index in [9.17, 15) is 9.59 Å². The van der Waals surface area contributed by atoms with Gasteiger partial charge in [-0.2, -0.15) is 0 Å². The van der Waals surface area contributed by atoms with E-state index in [1.807, 2.05) is 13.8 Å². The number of hydrogen-bond donors (Lipinski definition) is 2. The van der Waals surface area contributed by atoms with Crippen LogP contribution in [0.25, 0.3) is 0 Å². The van der Waals surface area contributed by atoms with E-state index in [1.165, 1.54) is 0 Å². The van der Waals surface area contributed by atoms with Crippen molar-refractivity contribution in [2.24, 2.45) is 5.73 Å². The maximum absolute atomic E-state index is 12.3. The van der Waals surface area contributed by atoms with Crippen molar-refractivity contribution in [3.05, 3.63) is 0 Å². The fraction of sp³-hybridized carbons (Fsp3) is 0.833. The van der Waals surface area contributed by atoms with Gasteiger partial charge in [0.25, 0.3) is 0 Å². The van der Waals surface area contributed by atoms with E-state index in [-0.39, 0.29) is 18.4 Å². The number of hydrogen-bond acceptors (Lipinski definition) is 3. The Morgan fingerprint density at radius 1 is 1.29 bits per heavy atom. The van der Waals surface area contributed by atoms with Gasteiger partial charge in [-0.25, -0.2) is 0 Å². The second-order valence-corrected chi connectivity index (χ2v) is 4.64. The van der Waals surface area contributed by atoms with Gasteiger partial charge in [-0.15, -0.1) is 0 Å². The second kappa shape index (κ2) is 6.00. The normalized spacial score (nSPS) is 17.8. The Hall–Kier alpha value is -1.10. The minimum absolute atomic E-state index is 0.0799. The van der Waals surface area contributed by atoms with E-state index < -0.39 is 5.54 Å². The number of likely N-dealkylation sites (N-methyl/N-ethyl adjacent to an activating group) is 2. The summed E-state index contributed by atoms with van der Waals surface area (Å²) < 4.78 is 0. The number of nitrogens with one attached hydrogen (secondary N) is 1. The van der Waals surface area contributed by atoms with Crippen LogP contribution in [0.3, 0.4) is 0 Å². The molecule has 0 heterocycles. The van der Waals surface area contributed by atoms with Crippen LogP contribution in [0.15, 0.2) is 0 Å². The SMILES string of the molecule is CCNC(=O)CN(CC)C(=O)C1(N)CCCC1. The molecule has 17 heavy (non-hydrogen) atoms. The van der Waals surface area contributed by atoms with E-state index in [1.54, 1.807) is 4.90 Å². The smallest absolute Gasteiger partial charge is 0.243 e. The monoisotopic (exact) mass is 241 g/mol. The summed E-state index contributed by atoms with van der Waals surface area (Å²) in [5, 5.41) is 2.69. The topological polar surface area (TPSA) is 75.4 Å². The van der Waals surface area contributed by atoms with Crippen LogP contribution in [0.2, 0.25) is 0 Å². The average molecular weight is 241 g/mol. The first-order chi connectivity index (χ1) is 8.03. The molecule has 2 amide bonds. The molecule has 0 unspecified atom stereocenters. The van der Waals surface area contributed by atoms with E-state index in [4.69, 9.17) is 5.73 Å². The number of amides is 2. The van der Waals surface area contributed by atoms with Crippen LogP contribution >= 0.6 is 0 Å². The van der Waals surface area contributed by atoms with Crippen LogP contribution in [0.5, 0.6) is 0 Å². The van der Waals surface area contributed by atoms with Crippen molar-refractivity contribution >= 4 is 11.8 Å². The van der Waals surface area contributed by atoms with Gasteiger partial charge in [0.05, 0.1) is 12.1 Å². The second-order valence-electron chi connectivity index (χ2n) is 4.64. The van der Waals surface area contributed by atoms with Gasteiger partial charge in [0.1, 0.15) is 0 Å². The summed E-state index contributed by atoms with van der Waals surface area (Å²) in [6.07, 6.45) is 3.47. The molecule has 1 fully saturated rings. The highest BCUT2D eigenvalue weighted by Crippen LogP contribution is 2.28. The van der Waals surface area contributed by atoms with Crippen LogP contribution in [0.4, 0.5) is 0 Å². The Morgan fingerprint density at radius 3 is 2.35 bits per heavy atom. The van der Waals surface area contributed by atoms with E-state index >= 15 is 0 Å². The molecule has 0 bridgehead atoms. The van der Waals surface area contributed by atoms with Crippen molar-refractivity contribution in [3.63, 3.8) is 0 Å². The molecular formula is C12H23N3O2. The van der Waals surface area contributed by atoms with Crippen molar-refractivity contribution < 1.29 is 9.59 Å². The summed E-state index contributed by atoms with van der Waals surface area (Å²) in [6.45, 7) is 4.95. The lowest BCUT2D eigenvalue weighted by Crippen LogP contribution is -2.55. The predicted octanol–water partition coefficient (Wildman–Crippen LogP) is 0.243. The lowest BCUT2D eigenvalue weighted by molar-refractivity contribution is -0.140. The molecule has 1 aliphatic carbocycles. The number of nitrogens with zero attached hydrogens (tertiary/aromatic N) is 1. The van der Waals surface area contributed by atoms with Gasteiger partial charge in [0, 0.05) is 13.1 Å². The van der Waals surface area contributed by atoms with Crippen LogP contribution in [0, 0.1) is 0 Å². The third-order valence-corrected chi connectivity index (χ3v) is 3.30. The molecule has 0 aromatic carbocycles. The standard InChI is InChI=1S/C12H23N3O2/c1-3-14-10(16)9-15(4-2)11(17)12(13)7-5-6-8-12/h3-9,13H2,1-2H3,(H,14,16). The zero-order chi connectivity index (χ0) is 12.9. The molecule has 0 aliphatic heterocycles. The molecule has 1 aliphatic rings. The summed E-state index contributed by atoms with van der Waals surface area (Å²) in [5.41, 5.74) is 5.37. The molecule has 1 saturated carbocycles. The Bertz CT molecular complexity index is 285. The van der Waals surface area contributed by atoms with Crippen LogP contribution < -0.4 is 11.1 Å². The van der Waals surface area contributed by atoms with Gasteiger partial charge >= 0.3 is 0 Å². The van der Waals surface area contributed by atoms with E-state index in [0.29, 0.717) is 13.1 Å². The molecule has 0 atom stereocenters. The molecule has 3 N–H and O–H groups in total. The lowest BCUT2D eigenvalue weighted by atomic mass is 9.97. The third-order valence-electron chi connectivity index (χ3n) is 3.30. The molecule has 0 saturated heterocycles. The Balaban J connectivity index is 2.60. The number of nitrogens with two attached hydrogens (primary N) is 1. The highest BCUT2D eigenvalue weighted by atomic mass is 16.2. The Morgan fingerprint density at radius 2 is 1.88 bits per heavy atom. The molecule has 1 rings (SSSR count). The van der Waals surface area contributed by atoms with Gasteiger partial charge in [0.2, 0.25) is 11.8 Å². The van der Waals surface area contributed by atoms with Gasteiger partial charge < -0.3 is 16.0 Å². The van der Waals surface area contributed by atoms with Crippen LogP contribution in [-0.2, 0) is 9.59 Å².